The van der Waals surface area contributed by atoms with E-state index in [1.807, 2.05) is 54.5 Å². The summed E-state index contributed by atoms with van der Waals surface area (Å²) in [6.45, 7) is 13.5. The molecule has 30 heteroatoms. The molecule has 1 radical (unpaired) electrons. The van der Waals surface area contributed by atoms with Crippen molar-refractivity contribution in [2.45, 2.75) is 187 Å². The smallest absolute Gasteiger partial charge is 0.268 e. The van der Waals surface area contributed by atoms with Gasteiger partial charge in [-0.25, -0.2) is 0 Å². The third kappa shape index (κ3) is 14.4. The van der Waals surface area contributed by atoms with Gasteiger partial charge in [0.05, 0.1) is 12.7 Å². The molecule has 5 saturated heterocycles. The average Bonchev–Trinajstić information content (AvgIpc) is 1.58. The van der Waals surface area contributed by atoms with Gasteiger partial charge in [-0.2, -0.15) is 17.1 Å². The molecular formula is C59H86CoN13O15P-6. The number of anilines is 1. The van der Waals surface area contributed by atoms with Crippen molar-refractivity contribution in [2.75, 3.05) is 24.7 Å². The van der Waals surface area contributed by atoms with Gasteiger partial charge in [0.25, 0.3) is 7.82 Å². The summed E-state index contributed by atoms with van der Waals surface area (Å²) in [7, 11) is -5.32. The van der Waals surface area contributed by atoms with E-state index in [0.29, 0.717) is 39.6 Å². The number of allylic oxidation sites excluding steroid dienone is 3. The number of phosphoric acid groups is 1. The SMILES string of the molecule is CC1=C2[N-]C(CC3[N-]C(C(C)=C4[N-]C(C=C5[N-]C1C(C)(CC(N)=O)C5CC(N)=O)C(C)(C)C4CCC(N)=O)C(C)(CCC(=O)NCC(C)OP(=O)([O-])OC1C(CO)OC(N4C[N-]c5ccc(O)cc54)C1O)C3CC(N)=O)C(C)(CC(N)=O)C2CCC(N)=O.[Co]. The second kappa shape index (κ2) is 27.1. The van der Waals surface area contributed by atoms with E-state index in [2.05, 4.69) is 10.6 Å². The van der Waals surface area contributed by atoms with Crippen LogP contribution in [0, 0.1) is 45.3 Å². The second-order valence-electron chi connectivity index (χ2n) is 26.5. The summed E-state index contributed by atoms with van der Waals surface area (Å²) in [4.78, 5) is 108. The van der Waals surface area contributed by atoms with Crippen molar-refractivity contribution < 1.29 is 88.9 Å². The first-order valence-corrected chi connectivity index (χ1v) is 31.3. The fourth-order valence-corrected chi connectivity index (χ4v) is 16.6. The molecule has 7 aliphatic rings. The maximum absolute atomic E-state index is 14.2. The second-order valence-corrected chi connectivity index (χ2v) is 27.8. The molecule has 89 heavy (non-hydrogen) atoms. The van der Waals surface area contributed by atoms with E-state index in [9.17, 15) is 58.3 Å². The Bertz CT molecular complexity index is 3080. The first-order valence-electron chi connectivity index (χ1n) is 29.9. The van der Waals surface area contributed by atoms with Gasteiger partial charge in [0, 0.05) is 80.0 Å². The average molecular weight is 1310 g/mol. The number of nitrogens with one attached hydrogen (secondary N) is 1. The molecule has 1 aromatic rings. The molecule has 0 saturated carbocycles. The van der Waals surface area contributed by atoms with Crippen molar-refractivity contribution in [3.05, 3.63) is 79.1 Å². The van der Waals surface area contributed by atoms with Crippen LogP contribution in [0.15, 0.2) is 52.5 Å². The number of primary amides is 6. The Morgan fingerprint density at radius 1 is 0.809 bits per heavy atom. The van der Waals surface area contributed by atoms with Crippen LogP contribution in [-0.2, 0) is 68.7 Å². The van der Waals surface area contributed by atoms with E-state index in [4.69, 9.17) is 69.5 Å². The van der Waals surface area contributed by atoms with Gasteiger partial charge in [0.2, 0.25) is 41.4 Å². The van der Waals surface area contributed by atoms with Crippen molar-refractivity contribution in [2.24, 2.45) is 79.7 Å². The summed E-state index contributed by atoms with van der Waals surface area (Å²) in [6.07, 6.45) is -5.92. The van der Waals surface area contributed by atoms with Crippen LogP contribution in [0.3, 0.4) is 0 Å². The molecule has 7 heterocycles. The molecular weight excluding hydrogens is 1220 g/mol. The minimum Gasteiger partial charge on any atom is -0.756 e. The number of ether oxygens (including phenoxy) is 1. The largest absolute Gasteiger partial charge is 0.756 e. The van der Waals surface area contributed by atoms with Crippen LogP contribution < -0.4 is 49.5 Å². The number of carbonyl (C=O) groups excluding carboxylic acids is 7. The zero-order chi connectivity index (χ0) is 64.9. The van der Waals surface area contributed by atoms with E-state index < -0.39 is 162 Å². The van der Waals surface area contributed by atoms with Crippen LogP contribution in [0.4, 0.5) is 11.4 Å². The first kappa shape index (κ1) is 70.4. The summed E-state index contributed by atoms with van der Waals surface area (Å²) >= 11 is 0. The van der Waals surface area contributed by atoms with E-state index in [0.717, 1.165) is 0 Å². The van der Waals surface area contributed by atoms with E-state index in [1.165, 1.54) is 24.0 Å². The third-order valence-electron chi connectivity index (χ3n) is 20.0. The Hall–Kier alpha value is -6.01. The van der Waals surface area contributed by atoms with Gasteiger partial charge in [-0.15, -0.1) is 41.0 Å². The van der Waals surface area contributed by atoms with Gasteiger partial charge < -0.3 is 105 Å². The number of nitrogens with zero attached hydrogens (tertiary/aromatic N) is 6. The molecule has 18 unspecified atom stereocenters. The van der Waals surface area contributed by atoms with Crippen LogP contribution in [-0.4, -0.2) is 137 Å². The van der Waals surface area contributed by atoms with Crippen LogP contribution in [0.1, 0.15) is 126 Å². The molecule has 7 amide bonds. The number of rotatable bonds is 25. The summed E-state index contributed by atoms with van der Waals surface area (Å²) in [5.41, 5.74) is 35.4. The molecule has 18 atom stereocenters. The minimum absolute atomic E-state index is 0. The van der Waals surface area contributed by atoms with Crippen LogP contribution in [0.2, 0.25) is 0 Å². The predicted molar refractivity (Wildman–Crippen MR) is 320 cm³/mol. The number of hydrogen-bond donors (Lipinski definition) is 10. The normalized spacial score (nSPS) is 34.4. The summed E-state index contributed by atoms with van der Waals surface area (Å²) in [6, 6.07) is 0.484. The van der Waals surface area contributed by atoms with Gasteiger partial charge >= 0.3 is 0 Å². The van der Waals surface area contributed by atoms with Crippen LogP contribution in [0.5, 0.6) is 5.75 Å². The zero-order valence-corrected chi connectivity index (χ0v) is 53.4. The Kier molecular flexibility index (Phi) is 21.4. The molecule has 28 nitrogen and oxygen atoms in total. The Morgan fingerprint density at radius 3 is 2.02 bits per heavy atom. The number of aromatic hydroxyl groups is 1. The number of aliphatic hydroxyl groups is 2. The molecule has 5 fully saturated rings. The van der Waals surface area contributed by atoms with Crippen molar-refractivity contribution in [3.63, 3.8) is 0 Å². The van der Waals surface area contributed by atoms with Gasteiger partial charge in [-0.3, -0.25) is 38.1 Å². The van der Waals surface area contributed by atoms with E-state index in [-0.39, 0.29) is 106 Å². The van der Waals surface area contributed by atoms with Gasteiger partial charge in [0.15, 0.2) is 6.23 Å². The minimum atomic E-state index is -5.32. The molecule has 7 aliphatic heterocycles. The van der Waals surface area contributed by atoms with Crippen LogP contribution >= 0.6 is 7.82 Å². The fourth-order valence-electron chi connectivity index (χ4n) is 15.5. The molecule has 0 aromatic heterocycles. The van der Waals surface area contributed by atoms with Crippen molar-refractivity contribution in [1.29, 1.82) is 0 Å². The molecule has 8 rings (SSSR count). The van der Waals surface area contributed by atoms with Crippen LogP contribution in [0.25, 0.3) is 26.6 Å². The van der Waals surface area contributed by atoms with E-state index in [1.54, 1.807) is 6.07 Å². The number of aliphatic hydroxyl groups excluding tert-OH is 2. The third-order valence-corrected chi connectivity index (χ3v) is 21.1. The van der Waals surface area contributed by atoms with Crippen molar-refractivity contribution >= 4 is 60.5 Å². The number of nitrogens with two attached hydrogens (primary N) is 6. The number of phosphoric ester groups is 1. The number of fused-ring (bicyclic) bond motifs is 9. The number of benzene rings is 1. The maximum Gasteiger partial charge on any atom is 0.268 e. The number of hydrogen-bond acceptors (Lipinski definition) is 16. The Morgan fingerprint density at radius 2 is 1.42 bits per heavy atom. The Balaban J connectivity index is 0.0000113. The van der Waals surface area contributed by atoms with Crippen molar-refractivity contribution in [3.8, 4) is 5.75 Å². The summed E-state index contributed by atoms with van der Waals surface area (Å²) in [5, 5.41) is 60.6. The van der Waals surface area contributed by atoms with E-state index >= 15 is 0 Å². The molecule has 16 N–H and O–H groups in total. The number of phenols is 1. The first-order chi connectivity index (χ1) is 41.0. The van der Waals surface area contributed by atoms with Gasteiger partial charge in [-0.05, 0) is 91.4 Å². The summed E-state index contributed by atoms with van der Waals surface area (Å²) < 4.78 is 30.0. The molecule has 1 aromatic carbocycles. The standard InChI is InChI=1S/C59H87N13O15P.Co/c1-27(86-88(83,84)87-52-39(25-73)85-55(51(52)82)72-26-67-35-12-9-30(74)17-38(35)72)24-66-48(81)15-16-57(6)33(18-44(62)77)37-21-41-58(7,22-46(64)79)32(11-14-43(61)76)50(71-41)29(3)54-59(8,23-47(65)80)34(19-45(63)78)36(69-54)20-40-56(4,5)31(10-13-42(60)75)49(70-40)28(2)53(57)68-37;/h9,12,17,20,27,31-34,37,39-41,51-55,73-74,82H,10-11,13-16,18-19,21-26H2,1-8H3,(H2,60,75)(H2,61,76)(H2,62,77)(H2,63,78)(H2,64,79)(H2,65,80)(H,66,81)(H,83,84);/q-5;/p-1. The number of phenolic OH excluding ortho intramolecular Hbond substituents is 1. The van der Waals surface area contributed by atoms with Gasteiger partial charge in [0.1, 0.15) is 24.1 Å². The summed E-state index contributed by atoms with van der Waals surface area (Å²) in [5.74, 6) is -7.07. The fraction of sp³-hybridized carbons (Fsp3) is 0.678. The molecule has 8 bridgehead atoms. The zero-order valence-electron chi connectivity index (χ0n) is 51.5. The number of amides is 7. The molecule has 0 spiro atoms. The topological polar surface area (TPSA) is 490 Å². The number of carbonyl (C=O) groups is 7. The molecule has 497 valence electrons. The monoisotopic (exact) mass is 1310 g/mol. The predicted octanol–water partition coefficient (Wildman–Crippen LogP) is 3.18. The maximum atomic E-state index is 14.2. The van der Waals surface area contributed by atoms with Crippen molar-refractivity contribution in [1.82, 2.24) is 5.32 Å². The molecule has 0 aliphatic carbocycles. The quantitative estimate of drug-likeness (QED) is 0.0629. The van der Waals surface area contributed by atoms with Gasteiger partial charge in [-0.1, -0.05) is 65.9 Å². The Labute approximate surface area is 528 Å².